The molecule has 0 saturated heterocycles. The molecule has 0 heterocycles. The summed E-state index contributed by atoms with van der Waals surface area (Å²) < 4.78 is 0. The van der Waals surface area contributed by atoms with Crippen molar-refractivity contribution in [2.45, 2.75) is 32.6 Å². The van der Waals surface area contributed by atoms with Crippen LogP contribution in [0.15, 0.2) is 24.3 Å². The summed E-state index contributed by atoms with van der Waals surface area (Å²) in [6.45, 7) is 3.12. The minimum atomic E-state index is 0.324. The van der Waals surface area contributed by atoms with Crippen LogP contribution in [0.4, 0.5) is 0 Å². The minimum absolute atomic E-state index is 0.324. The number of nitrogens with two attached hydrogens (primary N) is 1. The van der Waals surface area contributed by atoms with Crippen LogP contribution in [0, 0.1) is 11.3 Å². The molecule has 2 unspecified atom stereocenters. The fourth-order valence-corrected chi connectivity index (χ4v) is 3.21. The number of rotatable bonds is 3. The van der Waals surface area contributed by atoms with Gasteiger partial charge in [-0.05, 0) is 54.8 Å². The van der Waals surface area contributed by atoms with Crippen molar-refractivity contribution in [2.75, 3.05) is 6.54 Å². The Morgan fingerprint density at radius 1 is 1.50 bits per heavy atom. The van der Waals surface area contributed by atoms with Gasteiger partial charge in [0.15, 0.2) is 0 Å². The first-order chi connectivity index (χ1) is 7.63. The highest BCUT2D eigenvalue weighted by atomic mass is 35.5. The van der Waals surface area contributed by atoms with Crippen LogP contribution in [0.1, 0.15) is 31.7 Å². The van der Waals surface area contributed by atoms with E-state index in [1.165, 1.54) is 24.8 Å². The summed E-state index contributed by atoms with van der Waals surface area (Å²) in [6.07, 6.45) is 4.92. The zero-order chi connectivity index (χ0) is 11.6. The van der Waals surface area contributed by atoms with Gasteiger partial charge in [-0.2, -0.15) is 0 Å². The highest BCUT2D eigenvalue weighted by Gasteiger charge is 2.36. The van der Waals surface area contributed by atoms with Crippen molar-refractivity contribution in [1.29, 1.82) is 0 Å². The van der Waals surface area contributed by atoms with Crippen LogP contribution in [0.2, 0.25) is 5.02 Å². The van der Waals surface area contributed by atoms with Crippen molar-refractivity contribution in [3.8, 4) is 0 Å². The molecule has 0 amide bonds. The van der Waals surface area contributed by atoms with Crippen LogP contribution < -0.4 is 5.73 Å². The summed E-state index contributed by atoms with van der Waals surface area (Å²) in [5.41, 5.74) is 7.63. The van der Waals surface area contributed by atoms with Gasteiger partial charge < -0.3 is 5.73 Å². The molecule has 0 bridgehead atoms. The summed E-state index contributed by atoms with van der Waals surface area (Å²) >= 11 is 6.02. The lowest BCUT2D eigenvalue weighted by Crippen LogP contribution is -2.30. The Hall–Kier alpha value is -0.530. The first-order valence-electron chi connectivity index (χ1n) is 6.08. The maximum Gasteiger partial charge on any atom is 0.0408 e. The summed E-state index contributed by atoms with van der Waals surface area (Å²) in [4.78, 5) is 0. The lowest BCUT2D eigenvalue weighted by atomic mass is 9.79. The molecular formula is C14H20ClN. The van der Waals surface area contributed by atoms with Gasteiger partial charge in [0.05, 0.1) is 0 Å². The first-order valence-corrected chi connectivity index (χ1v) is 6.46. The molecule has 1 aromatic rings. The van der Waals surface area contributed by atoms with Crippen molar-refractivity contribution >= 4 is 11.6 Å². The van der Waals surface area contributed by atoms with Crippen molar-refractivity contribution in [1.82, 2.24) is 0 Å². The zero-order valence-corrected chi connectivity index (χ0v) is 10.6. The molecule has 16 heavy (non-hydrogen) atoms. The summed E-state index contributed by atoms with van der Waals surface area (Å²) in [7, 11) is 0. The third-order valence-electron chi connectivity index (χ3n) is 3.85. The van der Waals surface area contributed by atoms with Crippen molar-refractivity contribution < 1.29 is 0 Å². The van der Waals surface area contributed by atoms with Crippen LogP contribution in [0.3, 0.4) is 0 Å². The summed E-state index contributed by atoms with van der Waals surface area (Å²) in [6, 6.07) is 8.19. The molecule has 2 atom stereocenters. The Bertz CT molecular complexity index is 364. The molecule has 2 N–H and O–H groups in total. The van der Waals surface area contributed by atoms with Crippen LogP contribution in [0.25, 0.3) is 0 Å². The Morgan fingerprint density at radius 3 is 2.88 bits per heavy atom. The third-order valence-corrected chi connectivity index (χ3v) is 4.09. The van der Waals surface area contributed by atoms with Gasteiger partial charge in [-0.25, -0.2) is 0 Å². The standard InChI is InChI=1S/C14H20ClN/c1-11-5-6-14(8-11,10-16)9-12-3-2-4-13(15)7-12/h2-4,7,11H,5-6,8-10,16H2,1H3. The molecule has 1 aliphatic rings. The highest BCUT2D eigenvalue weighted by molar-refractivity contribution is 6.30. The second-order valence-corrected chi connectivity index (χ2v) is 5.80. The van der Waals surface area contributed by atoms with Crippen molar-refractivity contribution in [2.24, 2.45) is 17.1 Å². The molecule has 0 radical (unpaired) electrons. The monoisotopic (exact) mass is 237 g/mol. The smallest absolute Gasteiger partial charge is 0.0408 e. The van der Waals surface area contributed by atoms with E-state index in [1.807, 2.05) is 12.1 Å². The highest BCUT2D eigenvalue weighted by Crippen LogP contribution is 2.43. The average Bonchev–Trinajstić information content (AvgIpc) is 2.61. The van der Waals surface area contributed by atoms with Gasteiger partial charge in [0.2, 0.25) is 0 Å². The average molecular weight is 238 g/mol. The van der Waals surface area contributed by atoms with Gasteiger partial charge in [0.1, 0.15) is 0 Å². The largest absolute Gasteiger partial charge is 0.330 e. The number of halogens is 1. The molecule has 2 rings (SSSR count). The summed E-state index contributed by atoms with van der Waals surface area (Å²) in [5.74, 6) is 0.822. The molecular weight excluding hydrogens is 218 g/mol. The van der Waals surface area contributed by atoms with E-state index in [0.29, 0.717) is 5.41 Å². The fourth-order valence-electron chi connectivity index (χ4n) is 2.99. The lowest BCUT2D eigenvalue weighted by molar-refractivity contribution is 0.295. The lowest BCUT2D eigenvalue weighted by Gasteiger charge is -2.27. The van der Waals surface area contributed by atoms with Gasteiger partial charge in [0, 0.05) is 5.02 Å². The van der Waals surface area contributed by atoms with Crippen LogP contribution >= 0.6 is 11.6 Å². The Kier molecular flexibility index (Phi) is 3.56. The molecule has 0 spiro atoms. The van der Waals surface area contributed by atoms with E-state index >= 15 is 0 Å². The van der Waals surface area contributed by atoms with E-state index in [2.05, 4.69) is 19.1 Å². The SMILES string of the molecule is CC1CCC(CN)(Cc2cccc(Cl)c2)C1. The maximum absolute atomic E-state index is 6.02. The van der Waals surface area contributed by atoms with E-state index in [-0.39, 0.29) is 0 Å². The zero-order valence-electron chi connectivity index (χ0n) is 9.88. The molecule has 1 nitrogen and oxygen atoms in total. The predicted molar refractivity (Wildman–Crippen MR) is 69.7 cm³/mol. The molecule has 1 aliphatic carbocycles. The molecule has 0 aromatic heterocycles. The molecule has 0 aliphatic heterocycles. The van der Waals surface area contributed by atoms with Gasteiger partial charge in [-0.1, -0.05) is 37.1 Å². The second kappa shape index (κ2) is 4.77. The van der Waals surface area contributed by atoms with Crippen molar-refractivity contribution in [3.63, 3.8) is 0 Å². The number of hydrogen-bond acceptors (Lipinski definition) is 1. The van der Waals surface area contributed by atoms with E-state index in [0.717, 1.165) is 23.9 Å². The first kappa shape index (κ1) is 11.9. The minimum Gasteiger partial charge on any atom is -0.330 e. The topological polar surface area (TPSA) is 26.0 Å². The molecule has 1 fully saturated rings. The van der Waals surface area contributed by atoms with Crippen molar-refractivity contribution in [3.05, 3.63) is 34.9 Å². The Labute approximate surface area is 103 Å². The number of hydrogen-bond donors (Lipinski definition) is 1. The maximum atomic E-state index is 6.02. The van der Waals surface area contributed by atoms with Gasteiger partial charge in [-0.15, -0.1) is 0 Å². The third kappa shape index (κ3) is 2.58. The predicted octanol–water partition coefficient (Wildman–Crippen LogP) is 3.65. The second-order valence-electron chi connectivity index (χ2n) is 5.36. The fraction of sp³-hybridized carbons (Fsp3) is 0.571. The summed E-state index contributed by atoms with van der Waals surface area (Å²) in [5, 5.41) is 0.829. The van der Waals surface area contributed by atoms with E-state index in [1.54, 1.807) is 0 Å². The molecule has 2 heteroatoms. The Balaban J connectivity index is 2.13. The Morgan fingerprint density at radius 2 is 2.31 bits per heavy atom. The van der Waals surface area contributed by atoms with Gasteiger partial charge in [0.25, 0.3) is 0 Å². The molecule has 88 valence electrons. The van der Waals surface area contributed by atoms with E-state index < -0.39 is 0 Å². The van der Waals surface area contributed by atoms with E-state index in [4.69, 9.17) is 17.3 Å². The molecule has 1 aromatic carbocycles. The normalized spacial score (nSPS) is 29.6. The molecule has 1 saturated carbocycles. The van der Waals surface area contributed by atoms with E-state index in [9.17, 15) is 0 Å². The quantitative estimate of drug-likeness (QED) is 0.854. The number of benzene rings is 1. The van der Waals surface area contributed by atoms with Crippen LogP contribution in [0.5, 0.6) is 0 Å². The van der Waals surface area contributed by atoms with Crippen LogP contribution in [-0.4, -0.2) is 6.54 Å². The van der Waals surface area contributed by atoms with Gasteiger partial charge >= 0.3 is 0 Å². The van der Waals surface area contributed by atoms with Gasteiger partial charge in [-0.3, -0.25) is 0 Å². The van der Waals surface area contributed by atoms with Crippen LogP contribution in [-0.2, 0) is 6.42 Å².